The van der Waals surface area contributed by atoms with Gasteiger partial charge in [0, 0.05) is 54.6 Å². The Morgan fingerprint density at radius 1 is 1.00 bits per heavy atom. The van der Waals surface area contributed by atoms with E-state index in [1.54, 1.807) is 12.4 Å². The van der Waals surface area contributed by atoms with E-state index in [0.717, 1.165) is 42.0 Å². The van der Waals surface area contributed by atoms with Crippen molar-refractivity contribution in [3.05, 3.63) is 78.0 Å². The first kappa shape index (κ1) is 17.6. The Morgan fingerprint density at radius 3 is 2.72 bits per heavy atom. The van der Waals surface area contributed by atoms with Crippen LogP contribution in [-0.2, 0) is 26.4 Å². The fraction of sp³-hybridized carbons (Fsp3) is 0.217. The summed E-state index contributed by atoms with van der Waals surface area (Å²) in [5, 5.41) is 7.84. The summed E-state index contributed by atoms with van der Waals surface area (Å²) < 4.78 is 1.82. The van der Waals surface area contributed by atoms with E-state index in [2.05, 4.69) is 39.7 Å². The monoisotopic (exact) mass is 382 g/mol. The summed E-state index contributed by atoms with van der Waals surface area (Å²) in [4.78, 5) is 13.8. The van der Waals surface area contributed by atoms with E-state index in [1.807, 2.05) is 36.3 Å². The van der Waals surface area contributed by atoms with E-state index in [4.69, 9.17) is 9.97 Å². The van der Waals surface area contributed by atoms with Gasteiger partial charge in [0.05, 0.1) is 6.20 Å². The fourth-order valence-corrected chi connectivity index (χ4v) is 3.83. The van der Waals surface area contributed by atoms with Gasteiger partial charge in [-0.25, -0.2) is 9.97 Å². The molecule has 5 rings (SSSR count). The second kappa shape index (κ2) is 7.47. The minimum atomic E-state index is 0.716. The van der Waals surface area contributed by atoms with Gasteiger partial charge >= 0.3 is 0 Å². The highest BCUT2D eigenvalue weighted by Crippen LogP contribution is 2.29. The minimum Gasteiger partial charge on any atom is -0.366 e. The van der Waals surface area contributed by atoms with E-state index < -0.39 is 0 Å². The minimum absolute atomic E-state index is 0.716. The van der Waals surface area contributed by atoms with Gasteiger partial charge in [-0.1, -0.05) is 18.2 Å². The molecule has 1 aliphatic carbocycles. The van der Waals surface area contributed by atoms with Gasteiger partial charge in [0.15, 0.2) is 5.82 Å². The van der Waals surface area contributed by atoms with Gasteiger partial charge in [0.2, 0.25) is 0 Å². The number of hydrogen-bond donors (Lipinski definition) is 1. The number of hydrogen-bond acceptors (Lipinski definition) is 5. The van der Waals surface area contributed by atoms with Gasteiger partial charge in [-0.3, -0.25) is 9.67 Å². The molecule has 6 nitrogen and oxygen atoms in total. The highest BCUT2D eigenvalue weighted by atomic mass is 15.2. The maximum absolute atomic E-state index is 4.85. The number of rotatable bonds is 5. The van der Waals surface area contributed by atoms with Crippen LogP contribution in [0.4, 0.5) is 5.82 Å². The second-order valence-corrected chi connectivity index (χ2v) is 7.37. The summed E-state index contributed by atoms with van der Waals surface area (Å²) in [7, 11) is 1.94. The third kappa shape index (κ3) is 3.61. The number of nitrogens with zero attached hydrogens (tertiary/aromatic N) is 5. The van der Waals surface area contributed by atoms with Crippen LogP contribution in [0.3, 0.4) is 0 Å². The molecule has 0 aliphatic heterocycles. The Bertz CT molecular complexity index is 1150. The van der Waals surface area contributed by atoms with Crippen molar-refractivity contribution in [3.63, 3.8) is 0 Å². The Morgan fingerprint density at radius 2 is 1.90 bits per heavy atom. The Hall–Kier alpha value is -3.54. The van der Waals surface area contributed by atoms with Gasteiger partial charge in [-0.15, -0.1) is 0 Å². The molecule has 144 valence electrons. The molecule has 6 heteroatoms. The zero-order valence-corrected chi connectivity index (χ0v) is 16.3. The highest BCUT2D eigenvalue weighted by molar-refractivity contribution is 5.63. The van der Waals surface area contributed by atoms with Crippen LogP contribution in [0.25, 0.3) is 22.5 Å². The summed E-state index contributed by atoms with van der Waals surface area (Å²) in [6.07, 6.45) is 10.7. The van der Waals surface area contributed by atoms with E-state index in [0.29, 0.717) is 6.54 Å². The molecule has 0 amide bonds. The first-order valence-electron chi connectivity index (χ1n) is 9.88. The Balaban J connectivity index is 1.42. The van der Waals surface area contributed by atoms with E-state index in [-0.39, 0.29) is 0 Å². The van der Waals surface area contributed by atoms with Crippen molar-refractivity contribution in [2.45, 2.75) is 25.8 Å². The van der Waals surface area contributed by atoms with Gasteiger partial charge in [-0.2, -0.15) is 5.10 Å². The van der Waals surface area contributed by atoms with Crippen molar-refractivity contribution in [2.24, 2.45) is 7.05 Å². The van der Waals surface area contributed by atoms with Crippen molar-refractivity contribution in [2.75, 3.05) is 5.32 Å². The maximum atomic E-state index is 4.85. The van der Waals surface area contributed by atoms with Crippen molar-refractivity contribution < 1.29 is 0 Å². The average Bonchev–Trinajstić information content (AvgIpc) is 3.42. The highest BCUT2D eigenvalue weighted by Gasteiger charge is 2.20. The molecule has 0 unspecified atom stereocenters. The van der Waals surface area contributed by atoms with Gasteiger partial charge in [0.1, 0.15) is 5.82 Å². The fourth-order valence-electron chi connectivity index (χ4n) is 3.83. The molecule has 0 atom stereocenters. The molecule has 0 spiro atoms. The number of fused-ring (bicyclic) bond motifs is 1. The summed E-state index contributed by atoms with van der Waals surface area (Å²) >= 11 is 0. The quantitative estimate of drug-likeness (QED) is 0.564. The molecule has 0 radical (unpaired) electrons. The average molecular weight is 382 g/mol. The predicted molar refractivity (Wildman–Crippen MR) is 113 cm³/mol. The van der Waals surface area contributed by atoms with Crippen LogP contribution in [0.5, 0.6) is 0 Å². The molecule has 0 saturated carbocycles. The van der Waals surface area contributed by atoms with E-state index in [1.165, 1.54) is 22.4 Å². The number of anilines is 1. The van der Waals surface area contributed by atoms with Crippen LogP contribution in [0, 0.1) is 0 Å². The molecule has 0 fully saturated rings. The van der Waals surface area contributed by atoms with Crippen LogP contribution in [0.1, 0.15) is 23.2 Å². The summed E-state index contributed by atoms with van der Waals surface area (Å²) in [5.74, 6) is 1.71. The molecule has 1 aliphatic rings. The first-order chi connectivity index (χ1) is 14.3. The number of aryl methyl sites for hydroxylation is 2. The van der Waals surface area contributed by atoms with Crippen LogP contribution in [0.2, 0.25) is 0 Å². The maximum Gasteiger partial charge on any atom is 0.161 e. The Labute approximate surface area is 169 Å². The zero-order chi connectivity index (χ0) is 19.6. The van der Waals surface area contributed by atoms with Crippen molar-refractivity contribution in [3.8, 4) is 22.5 Å². The first-order valence-corrected chi connectivity index (χ1v) is 9.88. The van der Waals surface area contributed by atoms with Crippen LogP contribution < -0.4 is 5.32 Å². The van der Waals surface area contributed by atoms with Crippen molar-refractivity contribution in [1.82, 2.24) is 24.7 Å². The zero-order valence-electron chi connectivity index (χ0n) is 16.3. The lowest BCUT2D eigenvalue weighted by Gasteiger charge is -2.13. The number of aromatic nitrogens is 5. The van der Waals surface area contributed by atoms with Gasteiger partial charge in [-0.05, 0) is 48.6 Å². The molecule has 3 aromatic heterocycles. The third-order valence-corrected chi connectivity index (χ3v) is 5.30. The van der Waals surface area contributed by atoms with Crippen LogP contribution >= 0.6 is 0 Å². The molecule has 1 aromatic carbocycles. The largest absolute Gasteiger partial charge is 0.366 e. The standard InChI is InChI=1S/C23H22N6/c1-29-15-19(14-26-29)18-5-2-4-16(12-18)13-25-23-20-6-3-7-21(20)27-22(28-23)17-8-10-24-11-9-17/h2,4-5,8-12,14-15H,3,6-7,13H2,1H3,(H,25,27,28). The number of benzene rings is 1. The van der Waals surface area contributed by atoms with E-state index >= 15 is 0 Å². The lowest BCUT2D eigenvalue weighted by molar-refractivity contribution is 0.768. The topological polar surface area (TPSA) is 68.5 Å². The van der Waals surface area contributed by atoms with Crippen molar-refractivity contribution >= 4 is 5.82 Å². The second-order valence-electron chi connectivity index (χ2n) is 7.37. The summed E-state index contributed by atoms with van der Waals surface area (Å²) in [6.45, 7) is 0.716. The van der Waals surface area contributed by atoms with Gasteiger partial charge < -0.3 is 5.32 Å². The van der Waals surface area contributed by atoms with Crippen LogP contribution in [0.15, 0.2) is 61.2 Å². The summed E-state index contributed by atoms with van der Waals surface area (Å²) in [5.41, 5.74) is 6.92. The smallest absolute Gasteiger partial charge is 0.161 e. The predicted octanol–water partition coefficient (Wildman–Crippen LogP) is 4.04. The van der Waals surface area contributed by atoms with Crippen molar-refractivity contribution in [1.29, 1.82) is 0 Å². The van der Waals surface area contributed by atoms with Crippen LogP contribution in [-0.4, -0.2) is 24.7 Å². The molecule has 0 bridgehead atoms. The molecule has 0 saturated heterocycles. The molecule has 1 N–H and O–H groups in total. The van der Waals surface area contributed by atoms with E-state index in [9.17, 15) is 0 Å². The molecule has 4 aromatic rings. The lowest BCUT2D eigenvalue weighted by atomic mass is 10.1. The summed E-state index contributed by atoms with van der Waals surface area (Å²) in [6, 6.07) is 12.5. The Kier molecular flexibility index (Phi) is 4.52. The molecule has 29 heavy (non-hydrogen) atoms. The normalized spacial score (nSPS) is 12.7. The number of pyridine rings is 1. The number of nitrogens with one attached hydrogen (secondary N) is 1. The van der Waals surface area contributed by atoms with Gasteiger partial charge in [0.25, 0.3) is 0 Å². The molecule has 3 heterocycles. The third-order valence-electron chi connectivity index (χ3n) is 5.30. The SMILES string of the molecule is Cn1cc(-c2cccc(CNc3nc(-c4ccncc4)nc4c3CCC4)c2)cn1. The molecular formula is C23H22N6. The lowest BCUT2D eigenvalue weighted by Crippen LogP contribution is -2.07. The molecular weight excluding hydrogens is 360 g/mol.